The number of hydrogen-bond acceptors (Lipinski definition) is 3. The summed E-state index contributed by atoms with van der Waals surface area (Å²) < 4.78 is 6.23. The second-order valence-corrected chi connectivity index (χ2v) is 7.25. The summed E-state index contributed by atoms with van der Waals surface area (Å²) in [4.78, 5) is 26.9. The van der Waals surface area contributed by atoms with E-state index in [1.54, 1.807) is 0 Å². The SMILES string of the molecule is O=C1CC2(CCN(C(=O)CCc3ccccc3)CC2)Oc2ccccc21. The summed E-state index contributed by atoms with van der Waals surface area (Å²) in [6.45, 7) is 1.31. The van der Waals surface area contributed by atoms with E-state index in [4.69, 9.17) is 4.74 Å². The number of carbonyl (C=O) groups is 2. The highest BCUT2D eigenvalue weighted by atomic mass is 16.5. The molecule has 0 unspecified atom stereocenters. The molecule has 2 aliphatic rings. The van der Waals surface area contributed by atoms with Crippen LogP contribution in [0.15, 0.2) is 54.6 Å². The van der Waals surface area contributed by atoms with Gasteiger partial charge in [0.1, 0.15) is 11.4 Å². The average molecular weight is 349 g/mol. The first kappa shape index (κ1) is 16.8. The lowest BCUT2D eigenvalue weighted by Gasteiger charge is -2.44. The summed E-state index contributed by atoms with van der Waals surface area (Å²) in [5, 5.41) is 0. The van der Waals surface area contributed by atoms with Gasteiger partial charge in [-0.3, -0.25) is 9.59 Å². The molecule has 0 saturated carbocycles. The molecule has 2 aromatic carbocycles. The molecular formula is C22H23NO3. The number of benzene rings is 2. The Bertz CT molecular complexity index is 807. The van der Waals surface area contributed by atoms with Crippen LogP contribution in [0.1, 0.15) is 41.6 Å². The number of rotatable bonds is 3. The molecule has 1 fully saturated rings. The van der Waals surface area contributed by atoms with Gasteiger partial charge < -0.3 is 9.64 Å². The fourth-order valence-electron chi connectivity index (χ4n) is 3.94. The number of likely N-dealkylation sites (tertiary alicyclic amines) is 1. The molecule has 1 saturated heterocycles. The van der Waals surface area contributed by atoms with Crippen molar-refractivity contribution >= 4 is 11.7 Å². The third-order valence-corrected chi connectivity index (χ3v) is 5.49. The first-order valence-corrected chi connectivity index (χ1v) is 9.28. The molecule has 1 amide bonds. The van der Waals surface area contributed by atoms with Crippen molar-refractivity contribution in [1.82, 2.24) is 4.90 Å². The standard InChI is InChI=1S/C22H23NO3/c24-19-16-22(26-20-9-5-4-8-18(19)20)12-14-23(15-13-22)21(25)11-10-17-6-2-1-3-7-17/h1-9H,10-16H2. The molecular weight excluding hydrogens is 326 g/mol. The normalized spacial score (nSPS) is 18.3. The number of Topliss-reactive ketones (excluding diaryl/α,β-unsaturated/α-hetero) is 1. The van der Waals surface area contributed by atoms with E-state index >= 15 is 0 Å². The van der Waals surface area contributed by atoms with Crippen molar-refractivity contribution in [2.75, 3.05) is 13.1 Å². The molecule has 4 nitrogen and oxygen atoms in total. The quantitative estimate of drug-likeness (QED) is 0.850. The van der Waals surface area contributed by atoms with Crippen LogP contribution in [0.25, 0.3) is 0 Å². The number of ketones is 1. The molecule has 0 atom stereocenters. The van der Waals surface area contributed by atoms with Gasteiger partial charge in [0.05, 0.1) is 12.0 Å². The summed E-state index contributed by atoms with van der Waals surface area (Å²) in [7, 11) is 0. The van der Waals surface area contributed by atoms with E-state index in [-0.39, 0.29) is 11.7 Å². The zero-order valence-corrected chi connectivity index (χ0v) is 14.8. The summed E-state index contributed by atoms with van der Waals surface area (Å²) in [6, 6.07) is 17.5. The molecule has 4 heteroatoms. The number of aryl methyl sites for hydroxylation is 1. The van der Waals surface area contributed by atoms with Crippen LogP contribution in [-0.4, -0.2) is 35.3 Å². The van der Waals surface area contributed by atoms with Gasteiger partial charge in [0.15, 0.2) is 5.78 Å². The van der Waals surface area contributed by atoms with Gasteiger partial charge in [0, 0.05) is 32.4 Å². The second kappa shape index (κ2) is 6.94. The fraction of sp³-hybridized carbons (Fsp3) is 0.364. The Morgan fingerprint density at radius 3 is 2.46 bits per heavy atom. The Balaban J connectivity index is 1.35. The third kappa shape index (κ3) is 3.36. The lowest BCUT2D eigenvalue weighted by atomic mass is 9.82. The summed E-state index contributed by atoms with van der Waals surface area (Å²) in [5.74, 6) is 1.02. The van der Waals surface area contributed by atoms with Gasteiger partial charge in [-0.15, -0.1) is 0 Å². The summed E-state index contributed by atoms with van der Waals surface area (Å²) >= 11 is 0. The molecule has 1 spiro atoms. The highest BCUT2D eigenvalue weighted by Crippen LogP contribution is 2.39. The molecule has 2 aliphatic heterocycles. The third-order valence-electron chi connectivity index (χ3n) is 5.49. The van der Waals surface area contributed by atoms with E-state index < -0.39 is 5.60 Å². The van der Waals surface area contributed by atoms with Crippen LogP contribution in [0.3, 0.4) is 0 Å². The number of piperidine rings is 1. The largest absolute Gasteiger partial charge is 0.486 e. The number of amides is 1. The van der Waals surface area contributed by atoms with Crippen LogP contribution < -0.4 is 4.74 Å². The Morgan fingerprint density at radius 1 is 1.00 bits per heavy atom. The molecule has 2 aromatic rings. The number of fused-ring (bicyclic) bond motifs is 1. The van der Waals surface area contributed by atoms with Crippen LogP contribution in [-0.2, 0) is 11.2 Å². The van der Waals surface area contributed by atoms with Crippen molar-refractivity contribution in [3.8, 4) is 5.75 Å². The lowest BCUT2D eigenvalue weighted by Crippen LogP contribution is -2.52. The number of ether oxygens (including phenoxy) is 1. The van der Waals surface area contributed by atoms with Crippen molar-refractivity contribution < 1.29 is 14.3 Å². The van der Waals surface area contributed by atoms with E-state index in [1.807, 2.05) is 47.4 Å². The molecule has 0 aliphatic carbocycles. The maximum Gasteiger partial charge on any atom is 0.222 e. The topological polar surface area (TPSA) is 46.6 Å². The predicted molar refractivity (Wildman–Crippen MR) is 99.3 cm³/mol. The maximum atomic E-state index is 12.5. The van der Waals surface area contributed by atoms with Gasteiger partial charge in [-0.25, -0.2) is 0 Å². The van der Waals surface area contributed by atoms with E-state index in [0.717, 1.165) is 6.42 Å². The van der Waals surface area contributed by atoms with Crippen molar-refractivity contribution in [2.45, 2.75) is 37.7 Å². The maximum absolute atomic E-state index is 12.5. The minimum atomic E-state index is -0.443. The molecule has 0 N–H and O–H groups in total. The summed E-state index contributed by atoms with van der Waals surface area (Å²) in [5.41, 5.74) is 1.42. The van der Waals surface area contributed by atoms with Gasteiger partial charge >= 0.3 is 0 Å². The first-order chi connectivity index (χ1) is 12.7. The van der Waals surface area contributed by atoms with E-state index in [9.17, 15) is 9.59 Å². The average Bonchev–Trinajstić information content (AvgIpc) is 2.67. The van der Waals surface area contributed by atoms with Crippen molar-refractivity contribution in [3.63, 3.8) is 0 Å². The van der Waals surface area contributed by atoms with Gasteiger partial charge in [-0.05, 0) is 24.1 Å². The lowest BCUT2D eigenvalue weighted by molar-refractivity contribution is -0.134. The number of para-hydroxylation sites is 1. The summed E-state index contributed by atoms with van der Waals surface area (Å²) in [6.07, 6.45) is 3.13. The number of carbonyl (C=O) groups excluding carboxylic acids is 2. The second-order valence-electron chi connectivity index (χ2n) is 7.25. The first-order valence-electron chi connectivity index (χ1n) is 9.28. The predicted octanol–water partition coefficient (Wildman–Crippen LogP) is 3.65. The molecule has 2 heterocycles. The number of hydrogen-bond donors (Lipinski definition) is 0. The minimum absolute atomic E-state index is 0.149. The molecule has 134 valence electrons. The number of nitrogens with zero attached hydrogens (tertiary/aromatic N) is 1. The Hall–Kier alpha value is -2.62. The van der Waals surface area contributed by atoms with E-state index in [0.29, 0.717) is 50.1 Å². The molecule has 0 bridgehead atoms. The Morgan fingerprint density at radius 2 is 1.69 bits per heavy atom. The van der Waals surface area contributed by atoms with Crippen molar-refractivity contribution in [2.24, 2.45) is 0 Å². The van der Waals surface area contributed by atoms with Crippen LogP contribution >= 0.6 is 0 Å². The van der Waals surface area contributed by atoms with Crippen molar-refractivity contribution in [1.29, 1.82) is 0 Å². The highest BCUT2D eigenvalue weighted by Gasteiger charge is 2.43. The van der Waals surface area contributed by atoms with E-state index in [2.05, 4.69) is 12.1 Å². The van der Waals surface area contributed by atoms with Gasteiger partial charge in [0.25, 0.3) is 0 Å². The molecule has 0 radical (unpaired) electrons. The smallest absolute Gasteiger partial charge is 0.222 e. The molecule has 0 aromatic heterocycles. The Kier molecular flexibility index (Phi) is 4.49. The highest BCUT2D eigenvalue weighted by molar-refractivity contribution is 6.00. The van der Waals surface area contributed by atoms with Gasteiger partial charge in [0.2, 0.25) is 5.91 Å². The molecule has 26 heavy (non-hydrogen) atoms. The fourth-order valence-corrected chi connectivity index (χ4v) is 3.94. The van der Waals surface area contributed by atoms with E-state index in [1.165, 1.54) is 5.56 Å². The zero-order chi connectivity index (χ0) is 18.0. The van der Waals surface area contributed by atoms with Crippen LogP contribution in [0, 0.1) is 0 Å². The van der Waals surface area contributed by atoms with Gasteiger partial charge in [-0.2, -0.15) is 0 Å². The van der Waals surface area contributed by atoms with Crippen LogP contribution in [0.5, 0.6) is 5.75 Å². The van der Waals surface area contributed by atoms with Crippen LogP contribution in [0.2, 0.25) is 0 Å². The minimum Gasteiger partial charge on any atom is -0.486 e. The monoisotopic (exact) mass is 349 g/mol. The molecule has 4 rings (SSSR count). The van der Waals surface area contributed by atoms with Gasteiger partial charge in [-0.1, -0.05) is 42.5 Å². The zero-order valence-electron chi connectivity index (χ0n) is 14.8. The van der Waals surface area contributed by atoms with Crippen molar-refractivity contribution in [3.05, 3.63) is 65.7 Å². The van der Waals surface area contributed by atoms with Crippen LogP contribution in [0.4, 0.5) is 0 Å². The Labute approximate surface area is 153 Å².